The molecule has 0 aliphatic heterocycles. The summed E-state index contributed by atoms with van der Waals surface area (Å²) in [6, 6.07) is 80.4. The maximum atomic E-state index is 6.24. The normalized spacial score (nSPS) is 12.7. The average molecular weight is 1440 g/mol. The second kappa shape index (κ2) is 36.7. The third-order valence-electron chi connectivity index (χ3n) is 20.0. The molecular weight excluding hydrogens is 1310 g/mol. The summed E-state index contributed by atoms with van der Waals surface area (Å²) >= 11 is 0. The number of ether oxygens (including phenoxy) is 10. The van der Waals surface area contributed by atoms with E-state index in [1.165, 1.54) is 77.9 Å². The first-order valence-electron chi connectivity index (χ1n) is 38.3. The summed E-state index contributed by atoms with van der Waals surface area (Å²) in [4.78, 5) is 0. The average Bonchev–Trinajstić information content (AvgIpc) is 0.735. The summed E-state index contributed by atoms with van der Waals surface area (Å²) in [5, 5.41) is 0. The summed E-state index contributed by atoms with van der Waals surface area (Å²) < 4.78 is 59.1. The molecule has 0 unspecified atom stereocenters. The summed E-state index contributed by atoms with van der Waals surface area (Å²) in [5.74, 6) is 3.07. The van der Waals surface area contributed by atoms with Crippen LogP contribution in [0.1, 0.15) is 203 Å². The summed E-state index contributed by atoms with van der Waals surface area (Å²) in [7, 11) is 0. The minimum Gasteiger partial charge on any atom is -0.491 e. The molecule has 0 fully saturated rings. The van der Waals surface area contributed by atoms with E-state index in [4.69, 9.17) is 47.4 Å². The molecule has 10 heteroatoms. The monoisotopic (exact) mass is 1430 g/mol. The van der Waals surface area contributed by atoms with Crippen LogP contribution < -0.4 is 18.9 Å². The minimum absolute atomic E-state index is 0.0278. The van der Waals surface area contributed by atoms with Gasteiger partial charge in [0, 0.05) is 0 Å². The first-order valence-corrected chi connectivity index (χ1v) is 38.3. The van der Waals surface area contributed by atoms with Crippen molar-refractivity contribution < 1.29 is 47.4 Å². The van der Waals surface area contributed by atoms with Crippen molar-refractivity contribution in [2.75, 3.05) is 106 Å². The van der Waals surface area contributed by atoms with Crippen LogP contribution in [0, 0.1) is 0 Å². The lowest BCUT2D eigenvalue weighted by Crippen LogP contribution is -2.31. The van der Waals surface area contributed by atoms with E-state index in [0.29, 0.717) is 106 Å². The molecule has 9 rings (SSSR count). The van der Waals surface area contributed by atoms with Crippen LogP contribution in [0.2, 0.25) is 0 Å². The van der Waals surface area contributed by atoms with Crippen LogP contribution in [0.15, 0.2) is 218 Å². The van der Waals surface area contributed by atoms with Crippen molar-refractivity contribution in [1.82, 2.24) is 0 Å². The number of benzene rings is 9. The fourth-order valence-electron chi connectivity index (χ4n) is 13.5. The van der Waals surface area contributed by atoms with Crippen LogP contribution in [0.5, 0.6) is 23.0 Å². The van der Waals surface area contributed by atoms with Crippen LogP contribution in [-0.2, 0) is 71.7 Å². The largest absolute Gasteiger partial charge is 0.491 e. The molecule has 9 aromatic carbocycles. The Hall–Kier alpha value is -8.06. The van der Waals surface area contributed by atoms with Crippen molar-refractivity contribution in [3.63, 3.8) is 0 Å². The summed E-state index contributed by atoms with van der Waals surface area (Å²) in [6.07, 6.45) is 0. The molecule has 9 aromatic rings. The van der Waals surface area contributed by atoms with E-state index in [9.17, 15) is 0 Å². The van der Waals surface area contributed by atoms with Gasteiger partial charge in [-0.2, -0.15) is 0 Å². The van der Waals surface area contributed by atoms with E-state index < -0.39 is 10.8 Å². The zero-order valence-electron chi connectivity index (χ0n) is 67.2. The molecule has 0 amide bonds. The fraction of sp³-hybridized carbons (Fsp3) is 0.438. The van der Waals surface area contributed by atoms with E-state index in [1.807, 2.05) is 24.3 Å². The lowest BCUT2D eigenvalue weighted by atomic mass is 9.64. The molecule has 0 aromatic heterocycles. The summed E-state index contributed by atoms with van der Waals surface area (Å²) in [5.41, 5.74) is 16.4. The van der Waals surface area contributed by atoms with Gasteiger partial charge in [0.05, 0.1) is 90.1 Å². The van der Waals surface area contributed by atoms with Crippen LogP contribution in [-0.4, -0.2) is 106 Å². The molecule has 0 bridgehead atoms. The quantitative estimate of drug-likeness (QED) is 0.0279. The van der Waals surface area contributed by atoms with Gasteiger partial charge in [0.25, 0.3) is 0 Å². The Morgan fingerprint density at radius 2 is 0.245 bits per heavy atom. The maximum absolute atomic E-state index is 6.24. The third kappa shape index (κ3) is 22.1. The van der Waals surface area contributed by atoms with E-state index in [-0.39, 0.29) is 32.5 Å². The Morgan fingerprint density at radius 1 is 0.142 bits per heavy atom. The number of rotatable bonds is 36. The topological polar surface area (TPSA) is 92.3 Å². The number of hydrogen-bond acceptors (Lipinski definition) is 10. The zero-order valence-corrected chi connectivity index (χ0v) is 67.2. The van der Waals surface area contributed by atoms with Crippen LogP contribution in [0.25, 0.3) is 0 Å². The van der Waals surface area contributed by atoms with Crippen LogP contribution >= 0.6 is 0 Å². The predicted octanol–water partition coefficient (Wildman–Crippen LogP) is 21.3. The molecule has 0 heterocycles. The van der Waals surface area contributed by atoms with Gasteiger partial charge in [-0.25, -0.2) is 0 Å². The van der Waals surface area contributed by atoms with E-state index in [1.54, 1.807) is 0 Å². The van der Waals surface area contributed by atoms with E-state index in [2.05, 4.69) is 319 Å². The van der Waals surface area contributed by atoms with E-state index >= 15 is 0 Å². The highest BCUT2D eigenvalue weighted by molar-refractivity contribution is 5.63. The molecule has 10 nitrogen and oxygen atoms in total. The molecule has 0 radical (unpaired) electrons. The molecule has 0 saturated carbocycles. The van der Waals surface area contributed by atoms with Gasteiger partial charge in [0.2, 0.25) is 0 Å². The van der Waals surface area contributed by atoms with Gasteiger partial charge < -0.3 is 47.4 Å². The Morgan fingerprint density at radius 3 is 0.377 bits per heavy atom. The lowest BCUT2D eigenvalue weighted by Gasteiger charge is -2.38. The van der Waals surface area contributed by atoms with Crippen molar-refractivity contribution >= 4 is 0 Å². The standard InChI is InChI=1S/C96H122O10/c1-89(2,3)71-19-31-77(32-20-71)95(78-33-21-72(22-34-78)90(4,5)6,79-35-23-73(24-36-79)91(7,8)9)83-43-47-85(48-44-83)103-67-63-99-59-55-97-57-61-101-65-69-105-87-51-53-88(54-52-87)106-70-66-102-62-58-98-56-60-100-64-68-104-86-49-45-84(46-50-86)96(80-37-25-74(26-38-80)92(10,11)12,81-39-27-75(28-40-81)93(13,14)15)82-41-29-76(30-42-82)94(16,17)18/h19-54H,55-70H2,1-18H3. The molecular formula is C96H122O10. The van der Waals surface area contributed by atoms with Crippen LogP contribution in [0.4, 0.5) is 0 Å². The Bertz CT molecular complexity index is 3500. The SMILES string of the molecule is CC(C)(C)c1ccc(C(c2ccc(OCCOCCOCCOCCOc3ccc(OCCOCCOCCOCCOc4ccc(C(c5ccc(C(C)(C)C)cc5)(c5ccc(C(C)(C)C)cc5)c5ccc(C(C)(C)C)cc5)cc4)cc3)cc2)(c2ccc(C(C)(C)C)cc2)c2ccc(C(C)(C)C)cc2)cc1. The van der Waals surface area contributed by atoms with Gasteiger partial charge in [-0.15, -0.1) is 0 Å². The predicted molar refractivity (Wildman–Crippen MR) is 435 cm³/mol. The highest BCUT2D eigenvalue weighted by Crippen LogP contribution is 2.49. The Labute approximate surface area is 636 Å². The maximum Gasteiger partial charge on any atom is 0.119 e. The molecule has 0 spiro atoms. The fourth-order valence-corrected chi connectivity index (χ4v) is 13.5. The molecule has 0 atom stereocenters. The molecule has 106 heavy (non-hydrogen) atoms. The highest BCUT2D eigenvalue weighted by atomic mass is 16.6. The van der Waals surface area contributed by atoms with Gasteiger partial charge in [0.15, 0.2) is 0 Å². The van der Waals surface area contributed by atoms with E-state index in [0.717, 1.165) is 23.0 Å². The minimum atomic E-state index is -0.592. The van der Waals surface area contributed by atoms with Gasteiger partial charge >= 0.3 is 0 Å². The van der Waals surface area contributed by atoms with Crippen LogP contribution in [0.3, 0.4) is 0 Å². The van der Waals surface area contributed by atoms with Gasteiger partial charge in [-0.3, -0.25) is 0 Å². The van der Waals surface area contributed by atoms with Crippen molar-refractivity contribution in [2.24, 2.45) is 0 Å². The molecule has 0 saturated heterocycles. The second-order valence-electron chi connectivity index (χ2n) is 34.1. The van der Waals surface area contributed by atoms with Crippen molar-refractivity contribution in [2.45, 2.75) is 168 Å². The molecule has 566 valence electrons. The first-order chi connectivity index (χ1) is 50.4. The van der Waals surface area contributed by atoms with Crippen molar-refractivity contribution in [1.29, 1.82) is 0 Å². The summed E-state index contributed by atoms with van der Waals surface area (Å²) in [6.45, 7) is 48.0. The zero-order chi connectivity index (χ0) is 76.2. The highest BCUT2D eigenvalue weighted by Gasteiger charge is 2.41. The Kier molecular flexibility index (Phi) is 28.4. The lowest BCUT2D eigenvalue weighted by molar-refractivity contribution is 0.00483. The van der Waals surface area contributed by atoms with Crippen molar-refractivity contribution in [3.8, 4) is 23.0 Å². The van der Waals surface area contributed by atoms with Gasteiger partial charge in [-0.1, -0.05) is 294 Å². The second-order valence-corrected chi connectivity index (χ2v) is 34.1. The smallest absolute Gasteiger partial charge is 0.119 e. The third-order valence-corrected chi connectivity index (χ3v) is 20.0. The first kappa shape index (κ1) is 82.0. The molecule has 0 aliphatic carbocycles. The Balaban J connectivity index is 0.619. The van der Waals surface area contributed by atoms with Gasteiger partial charge in [0.1, 0.15) is 49.4 Å². The van der Waals surface area contributed by atoms with Crippen molar-refractivity contribution in [3.05, 3.63) is 296 Å². The molecule has 0 aliphatic rings. The number of hydrogen-bond donors (Lipinski definition) is 0. The molecule has 0 N–H and O–H groups in total. The van der Waals surface area contributed by atoms with Gasteiger partial charge in [-0.05, 0) is 159 Å².